The molecule has 0 aliphatic rings. The Balaban J connectivity index is 2.58. The number of nitrogens with one attached hydrogen (secondary N) is 2. The van der Waals surface area contributed by atoms with Crippen LogP contribution < -0.4 is 10.6 Å². The lowest BCUT2D eigenvalue weighted by atomic mass is 10.1. The van der Waals surface area contributed by atoms with Crippen LogP contribution in [0.3, 0.4) is 0 Å². The van der Waals surface area contributed by atoms with Gasteiger partial charge in [-0.15, -0.1) is 0 Å². The van der Waals surface area contributed by atoms with Crippen LogP contribution in [0.1, 0.15) is 10.4 Å². The number of thiocarbonyl (C=S) groups is 1. The number of hydrogen-bond donors (Lipinski definition) is 3. The van der Waals surface area contributed by atoms with Gasteiger partial charge in [-0.05, 0) is 24.4 Å². The van der Waals surface area contributed by atoms with Gasteiger partial charge in [-0.25, -0.2) is 9.78 Å². The summed E-state index contributed by atoms with van der Waals surface area (Å²) in [5, 5.41) is 15.3. The van der Waals surface area contributed by atoms with E-state index in [1.807, 2.05) is 0 Å². The lowest BCUT2D eigenvalue weighted by Crippen LogP contribution is -2.24. The molecular formula is C11H12N4O2S. The minimum Gasteiger partial charge on any atom is -0.478 e. The van der Waals surface area contributed by atoms with Gasteiger partial charge >= 0.3 is 5.97 Å². The third kappa shape index (κ3) is 2.12. The molecule has 0 saturated heterocycles. The molecule has 6 nitrogen and oxygen atoms in total. The van der Waals surface area contributed by atoms with Gasteiger partial charge in [-0.3, -0.25) is 0 Å². The van der Waals surface area contributed by atoms with E-state index in [1.165, 1.54) is 6.07 Å². The molecule has 3 N–H and O–H groups in total. The number of carboxylic acids is 1. The highest BCUT2D eigenvalue weighted by atomic mass is 32.1. The van der Waals surface area contributed by atoms with Gasteiger partial charge in [0.05, 0.1) is 22.9 Å². The van der Waals surface area contributed by atoms with E-state index in [4.69, 9.17) is 12.2 Å². The van der Waals surface area contributed by atoms with Crippen molar-refractivity contribution in [2.24, 2.45) is 7.05 Å². The van der Waals surface area contributed by atoms with Crippen LogP contribution in [0.4, 0.5) is 5.69 Å². The third-order valence-electron chi connectivity index (χ3n) is 2.53. The Hall–Kier alpha value is -2.15. The van der Waals surface area contributed by atoms with Crippen LogP contribution >= 0.6 is 12.2 Å². The van der Waals surface area contributed by atoms with E-state index in [9.17, 15) is 9.90 Å². The van der Waals surface area contributed by atoms with E-state index < -0.39 is 5.97 Å². The summed E-state index contributed by atoms with van der Waals surface area (Å²) >= 11 is 4.98. The Morgan fingerprint density at radius 1 is 1.50 bits per heavy atom. The highest BCUT2D eigenvalue weighted by molar-refractivity contribution is 7.80. The van der Waals surface area contributed by atoms with E-state index >= 15 is 0 Å². The predicted molar refractivity (Wildman–Crippen MR) is 73.0 cm³/mol. The molecule has 1 aromatic heterocycles. The molecule has 2 aromatic rings. The fourth-order valence-corrected chi connectivity index (χ4v) is 1.84. The van der Waals surface area contributed by atoms with Crippen molar-refractivity contribution in [3.63, 3.8) is 0 Å². The van der Waals surface area contributed by atoms with Crippen LogP contribution in [0.15, 0.2) is 18.5 Å². The van der Waals surface area contributed by atoms with Crippen LogP contribution in [-0.2, 0) is 7.05 Å². The quantitative estimate of drug-likeness (QED) is 0.707. The average molecular weight is 264 g/mol. The fraction of sp³-hybridized carbons (Fsp3) is 0.182. The molecule has 7 heteroatoms. The van der Waals surface area contributed by atoms with Gasteiger partial charge in [0.1, 0.15) is 0 Å². The number of hydrogen-bond acceptors (Lipinski definition) is 3. The second-order valence-electron chi connectivity index (χ2n) is 3.76. The molecule has 0 unspecified atom stereocenters. The number of aryl methyl sites for hydroxylation is 1. The Kier molecular flexibility index (Phi) is 3.15. The van der Waals surface area contributed by atoms with Crippen molar-refractivity contribution in [2.75, 3.05) is 12.4 Å². The number of nitrogens with zero attached hydrogens (tertiary/aromatic N) is 2. The molecule has 1 aromatic carbocycles. The second-order valence-corrected chi connectivity index (χ2v) is 4.16. The summed E-state index contributed by atoms with van der Waals surface area (Å²) in [6.07, 6.45) is 1.58. The van der Waals surface area contributed by atoms with Crippen LogP contribution in [0.2, 0.25) is 0 Å². The number of carboxylic acid groups (broad SMARTS) is 1. The number of carbonyl (C=O) groups is 1. The van der Waals surface area contributed by atoms with Crippen molar-refractivity contribution in [1.82, 2.24) is 14.9 Å². The van der Waals surface area contributed by atoms with Crippen molar-refractivity contribution in [3.05, 3.63) is 24.0 Å². The maximum absolute atomic E-state index is 11.3. The minimum atomic E-state index is -0.998. The van der Waals surface area contributed by atoms with E-state index in [0.29, 0.717) is 21.8 Å². The largest absolute Gasteiger partial charge is 0.478 e. The molecule has 0 radical (unpaired) electrons. The van der Waals surface area contributed by atoms with E-state index in [2.05, 4.69) is 15.6 Å². The van der Waals surface area contributed by atoms with E-state index in [-0.39, 0.29) is 5.56 Å². The molecule has 2 rings (SSSR count). The summed E-state index contributed by atoms with van der Waals surface area (Å²) in [6, 6.07) is 3.29. The molecule has 0 fully saturated rings. The highest BCUT2D eigenvalue weighted by Crippen LogP contribution is 2.22. The maximum atomic E-state index is 11.3. The minimum absolute atomic E-state index is 0.189. The molecule has 0 bridgehead atoms. The Morgan fingerprint density at radius 3 is 2.83 bits per heavy atom. The Labute approximate surface area is 109 Å². The van der Waals surface area contributed by atoms with E-state index in [1.54, 1.807) is 31.1 Å². The average Bonchev–Trinajstić information content (AvgIpc) is 2.70. The molecule has 0 saturated carbocycles. The Bertz CT molecular complexity index is 635. The van der Waals surface area contributed by atoms with Crippen LogP contribution in [0.25, 0.3) is 11.0 Å². The van der Waals surface area contributed by atoms with Gasteiger partial charge in [-0.1, -0.05) is 0 Å². The number of rotatable bonds is 2. The zero-order valence-electron chi connectivity index (χ0n) is 9.89. The molecule has 0 amide bonds. The SMILES string of the molecule is CNC(=S)Nc1cc(C(=O)O)c2c(c1)ncn2C. The summed E-state index contributed by atoms with van der Waals surface area (Å²) in [7, 11) is 3.44. The van der Waals surface area contributed by atoms with Gasteiger partial charge in [0.15, 0.2) is 5.11 Å². The first-order valence-corrected chi connectivity index (χ1v) is 5.61. The molecule has 0 atom stereocenters. The summed E-state index contributed by atoms with van der Waals surface area (Å²) in [5.41, 5.74) is 1.98. The zero-order valence-corrected chi connectivity index (χ0v) is 10.7. The van der Waals surface area contributed by atoms with Crippen molar-refractivity contribution >= 4 is 40.0 Å². The highest BCUT2D eigenvalue weighted by Gasteiger charge is 2.14. The van der Waals surface area contributed by atoms with Gasteiger partial charge in [0.25, 0.3) is 0 Å². The normalized spacial score (nSPS) is 10.3. The zero-order chi connectivity index (χ0) is 13.3. The first kappa shape index (κ1) is 12.3. The van der Waals surface area contributed by atoms with Crippen LogP contribution in [0.5, 0.6) is 0 Å². The number of benzene rings is 1. The summed E-state index contributed by atoms with van der Waals surface area (Å²) in [5.74, 6) is -0.998. The summed E-state index contributed by atoms with van der Waals surface area (Å²) in [4.78, 5) is 15.4. The summed E-state index contributed by atoms with van der Waals surface area (Å²) < 4.78 is 1.68. The maximum Gasteiger partial charge on any atom is 0.337 e. The van der Waals surface area contributed by atoms with Crippen molar-refractivity contribution in [2.45, 2.75) is 0 Å². The number of aromatic carboxylic acids is 1. The van der Waals surface area contributed by atoms with Gasteiger partial charge < -0.3 is 20.3 Å². The molecule has 0 aliphatic carbocycles. The first-order chi connectivity index (χ1) is 8.52. The van der Waals surface area contributed by atoms with Crippen molar-refractivity contribution < 1.29 is 9.90 Å². The molecule has 0 spiro atoms. The number of anilines is 1. The Morgan fingerprint density at radius 2 is 2.22 bits per heavy atom. The number of aromatic nitrogens is 2. The van der Waals surface area contributed by atoms with Gasteiger partial charge in [0, 0.05) is 19.8 Å². The predicted octanol–water partition coefficient (Wildman–Crippen LogP) is 1.19. The molecule has 0 aliphatic heterocycles. The van der Waals surface area contributed by atoms with Crippen molar-refractivity contribution in [3.8, 4) is 0 Å². The van der Waals surface area contributed by atoms with Crippen LogP contribution in [0, 0.1) is 0 Å². The molecular weight excluding hydrogens is 252 g/mol. The summed E-state index contributed by atoms with van der Waals surface area (Å²) in [6.45, 7) is 0. The monoisotopic (exact) mass is 264 g/mol. The van der Waals surface area contributed by atoms with Gasteiger partial charge in [-0.2, -0.15) is 0 Å². The molecule has 1 heterocycles. The number of imidazole rings is 1. The smallest absolute Gasteiger partial charge is 0.337 e. The second kappa shape index (κ2) is 4.61. The van der Waals surface area contributed by atoms with Crippen LogP contribution in [-0.4, -0.2) is 32.8 Å². The van der Waals surface area contributed by atoms with Crippen molar-refractivity contribution in [1.29, 1.82) is 0 Å². The third-order valence-corrected chi connectivity index (χ3v) is 2.83. The van der Waals surface area contributed by atoms with E-state index in [0.717, 1.165) is 0 Å². The fourth-order valence-electron chi connectivity index (χ4n) is 1.72. The topological polar surface area (TPSA) is 79.2 Å². The van der Waals surface area contributed by atoms with Gasteiger partial charge in [0.2, 0.25) is 0 Å². The lowest BCUT2D eigenvalue weighted by Gasteiger charge is -2.09. The lowest BCUT2D eigenvalue weighted by molar-refractivity contribution is 0.0698. The molecule has 18 heavy (non-hydrogen) atoms. The molecule has 94 valence electrons. The number of fused-ring (bicyclic) bond motifs is 1. The standard InChI is InChI=1S/C11H12N4O2S/c1-12-11(18)14-6-3-7(10(16)17)9-8(4-6)13-5-15(9)2/h3-5H,1-2H3,(H,16,17)(H2,12,14,18). The first-order valence-electron chi connectivity index (χ1n) is 5.20.